The van der Waals surface area contributed by atoms with Crippen molar-refractivity contribution in [3.05, 3.63) is 59.8 Å². The molecule has 1 heterocycles. The molecule has 0 saturated carbocycles. The molecule has 30 heavy (non-hydrogen) atoms. The van der Waals surface area contributed by atoms with Crippen LogP contribution in [0.2, 0.25) is 0 Å². The summed E-state index contributed by atoms with van der Waals surface area (Å²) in [6, 6.07) is 11.4. The van der Waals surface area contributed by atoms with Crippen LogP contribution in [0.4, 0.5) is 8.78 Å². The van der Waals surface area contributed by atoms with Crippen LogP contribution in [0.1, 0.15) is 15.9 Å². The summed E-state index contributed by atoms with van der Waals surface area (Å²) in [5.74, 6) is -1.06. The highest BCUT2D eigenvalue weighted by atomic mass is 19.3. The molecule has 0 radical (unpaired) electrons. The number of aromatic nitrogens is 1. The number of hydrogen-bond donors (Lipinski definition) is 0. The summed E-state index contributed by atoms with van der Waals surface area (Å²) in [6.07, 6.45) is 1.54. The van der Waals surface area contributed by atoms with Crippen molar-refractivity contribution in [2.75, 3.05) is 14.2 Å². The van der Waals surface area contributed by atoms with Crippen molar-refractivity contribution >= 4 is 22.8 Å². The molecule has 9 heteroatoms. The second kappa shape index (κ2) is 9.25. The maximum Gasteiger partial charge on any atom is 0.387 e. The molecule has 2 aromatic carbocycles. The lowest BCUT2D eigenvalue weighted by Gasteiger charge is -2.12. The van der Waals surface area contributed by atoms with Gasteiger partial charge < -0.3 is 23.5 Å². The number of hydrogen-bond acceptors (Lipinski definition) is 6. The highest BCUT2D eigenvalue weighted by Crippen LogP contribution is 2.29. The summed E-state index contributed by atoms with van der Waals surface area (Å²) in [5.41, 5.74) is 1.57. The van der Waals surface area contributed by atoms with Gasteiger partial charge in [-0.05, 0) is 23.8 Å². The lowest BCUT2D eigenvalue weighted by atomic mass is 10.2. The molecule has 0 N–H and O–H groups in total. The van der Waals surface area contributed by atoms with Crippen molar-refractivity contribution in [1.82, 2.24) is 4.57 Å². The van der Waals surface area contributed by atoms with E-state index in [1.807, 2.05) is 0 Å². The summed E-state index contributed by atoms with van der Waals surface area (Å²) in [5, 5.41) is 0.663. The summed E-state index contributed by atoms with van der Waals surface area (Å²) >= 11 is 0. The number of ether oxygens (including phenoxy) is 4. The van der Waals surface area contributed by atoms with E-state index in [1.54, 1.807) is 28.8 Å². The molecule has 0 saturated heterocycles. The molecule has 7 nitrogen and oxygen atoms in total. The topological polar surface area (TPSA) is 76.0 Å². The molecule has 0 amide bonds. The van der Waals surface area contributed by atoms with Gasteiger partial charge in [0, 0.05) is 17.1 Å². The number of carbonyl (C=O) groups is 2. The van der Waals surface area contributed by atoms with Crippen LogP contribution in [0, 0.1) is 0 Å². The fourth-order valence-electron chi connectivity index (χ4n) is 2.99. The van der Waals surface area contributed by atoms with E-state index in [0.29, 0.717) is 22.0 Å². The standard InChI is InChI=1S/C21H19F2NO6/c1-27-18-9-13(7-8-17(18)30-21(22)23)12-29-19(25)11-24-10-15(20(26)28-2)14-5-3-4-6-16(14)24/h3-10,21H,11-12H2,1-2H3. The summed E-state index contributed by atoms with van der Waals surface area (Å²) in [6.45, 7) is -3.19. The molecular weight excluding hydrogens is 400 g/mol. The second-order valence-electron chi connectivity index (χ2n) is 6.20. The van der Waals surface area contributed by atoms with Gasteiger partial charge in [-0.25, -0.2) is 4.79 Å². The van der Waals surface area contributed by atoms with Crippen LogP contribution < -0.4 is 9.47 Å². The van der Waals surface area contributed by atoms with Crippen molar-refractivity contribution in [3.8, 4) is 11.5 Å². The van der Waals surface area contributed by atoms with E-state index in [1.165, 1.54) is 38.6 Å². The second-order valence-corrected chi connectivity index (χ2v) is 6.20. The molecule has 0 atom stereocenters. The minimum absolute atomic E-state index is 0.0901. The van der Waals surface area contributed by atoms with Gasteiger partial charge in [0.2, 0.25) is 0 Å². The highest BCUT2D eigenvalue weighted by molar-refractivity contribution is 6.04. The Morgan fingerprint density at radius 2 is 1.83 bits per heavy atom. The van der Waals surface area contributed by atoms with Gasteiger partial charge in [-0.15, -0.1) is 0 Å². The zero-order valence-corrected chi connectivity index (χ0v) is 16.3. The molecule has 0 aliphatic rings. The quantitative estimate of drug-likeness (QED) is 0.518. The van der Waals surface area contributed by atoms with E-state index in [4.69, 9.17) is 14.2 Å². The van der Waals surface area contributed by atoms with Crippen LogP contribution in [0.15, 0.2) is 48.7 Å². The van der Waals surface area contributed by atoms with Crippen molar-refractivity contribution < 1.29 is 37.3 Å². The molecule has 0 bridgehead atoms. The Bertz CT molecular complexity index is 1060. The van der Waals surface area contributed by atoms with Crippen LogP contribution >= 0.6 is 0 Å². The fourth-order valence-corrected chi connectivity index (χ4v) is 2.99. The Balaban J connectivity index is 1.70. The molecule has 0 aliphatic carbocycles. The first kappa shape index (κ1) is 21.1. The van der Waals surface area contributed by atoms with Crippen LogP contribution in [-0.2, 0) is 27.4 Å². The molecule has 3 aromatic rings. The molecule has 0 fully saturated rings. The Morgan fingerprint density at radius 3 is 2.53 bits per heavy atom. The number of fused-ring (bicyclic) bond motifs is 1. The monoisotopic (exact) mass is 419 g/mol. The maximum atomic E-state index is 12.4. The van der Waals surface area contributed by atoms with Gasteiger partial charge in [-0.1, -0.05) is 24.3 Å². The fraction of sp³-hybridized carbons (Fsp3) is 0.238. The van der Waals surface area contributed by atoms with Crippen LogP contribution in [0.3, 0.4) is 0 Å². The average molecular weight is 419 g/mol. The number of alkyl halides is 2. The van der Waals surface area contributed by atoms with Crippen molar-refractivity contribution in [3.63, 3.8) is 0 Å². The normalized spacial score (nSPS) is 10.8. The molecule has 0 unspecified atom stereocenters. The number of rotatable bonds is 8. The first-order valence-corrected chi connectivity index (χ1v) is 8.86. The number of halogens is 2. The van der Waals surface area contributed by atoms with Gasteiger partial charge in [0.05, 0.1) is 19.8 Å². The predicted molar refractivity (Wildman–Crippen MR) is 103 cm³/mol. The van der Waals surface area contributed by atoms with E-state index >= 15 is 0 Å². The van der Waals surface area contributed by atoms with Crippen molar-refractivity contribution in [2.45, 2.75) is 19.8 Å². The van der Waals surface area contributed by atoms with Gasteiger partial charge in [-0.3, -0.25) is 4.79 Å². The Hall–Kier alpha value is -3.62. The van der Waals surface area contributed by atoms with Gasteiger partial charge in [0.25, 0.3) is 0 Å². The van der Waals surface area contributed by atoms with Crippen LogP contribution in [0.5, 0.6) is 11.5 Å². The Kier molecular flexibility index (Phi) is 6.51. The first-order chi connectivity index (χ1) is 14.4. The SMILES string of the molecule is COC(=O)c1cn(CC(=O)OCc2ccc(OC(F)F)c(OC)c2)c2ccccc12. The summed E-state index contributed by atoms with van der Waals surface area (Å²) < 4.78 is 45.9. The van der Waals surface area contributed by atoms with Gasteiger partial charge >= 0.3 is 18.6 Å². The Morgan fingerprint density at radius 1 is 1.07 bits per heavy atom. The smallest absolute Gasteiger partial charge is 0.387 e. The zero-order chi connectivity index (χ0) is 21.7. The lowest BCUT2D eigenvalue weighted by Crippen LogP contribution is -2.13. The molecule has 0 spiro atoms. The zero-order valence-electron chi connectivity index (χ0n) is 16.3. The minimum atomic E-state index is -2.98. The Labute approximate surface area is 170 Å². The number of carbonyl (C=O) groups excluding carboxylic acids is 2. The highest BCUT2D eigenvalue weighted by Gasteiger charge is 2.17. The van der Waals surface area contributed by atoms with E-state index in [0.717, 1.165) is 0 Å². The number of nitrogens with zero attached hydrogens (tertiary/aromatic N) is 1. The van der Waals surface area contributed by atoms with Gasteiger partial charge in [-0.2, -0.15) is 8.78 Å². The molecule has 0 aliphatic heterocycles. The predicted octanol–water partition coefficient (Wildman–Crippen LogP) is 3.78. The van der Waals surface area contributed by atoms with Gasteiger partial charge in [0.15, 0.2) is 11.5 Å². The van der Waals surface area contributed by atoms with E-state index in [-0.39, 0.29) is 24.7 Å². The van der Waals surface area contributed by atoms with E-state index < -0.39 is 18.6 Å². The minimum Gasteiger partial charge on any atom is -0.493 e. The number of esters is 2. The molecule has 1 aromatic heterocycles. The third-order valence-corrected chi connectivity index (χ3v) is 4.34. The molecular formula is C21H19F2NO6. The average Bonchev–Trinajstić information content (AvgIpc) is 3.10. The van der Waals surface area contributed by atoms with Crippen molar-refractivity contribution in [1.29, 1.82) is 0 Å². The van der Waals surface area contributed by atoms with Crippen LogP contribution in [-0.4, -0.2) is 37.3 Å². The maximum absolute atomic E-state index is 12.4. The van der Waals surface area contributed by atoms with Crippen LogP contribution in [0.25, 0.3) is 10.9 Å². The largest absolute Gasteiger partial charge is 0.493 e. The molecule has 3 rings (SSSR count). The number of benzene rings is 2. The van der Waals surface area contributed by atoms with Gasteiger partial charge in [0.1, 0.15) is 13.2 Å². The third kappa shape index (κ3) is 4.68. The number of para-hydroxylation sites is 1. The molecule has 158 valence electrons. The van der Waals surface area contributed by atoms with Crippen molar-refractivity contribution in [2.24, 2.45) is 0 Å². The third-order valence-electron chi connectivity index (χ3n) is 4.34. The first-order valence-electron chi connectivity index (χ1n) is 8.86. The summed E-state index contributed by atoms with van der Waals surface area (Å²) in [7, 11) is 2.61. The number of methoxy groups -OCH3 is 2. The summed E-state index contributed by atoms with van der Waals surface area (Å²) in [4.78, 5) is 24.3. The van der Waals surface area contributed by atoms with E-state index in [9.17, 15) is 18.4 Å². The lowest BCUT2D eigenvalue weighted by molar-refractivity contribution is -0.145. The van der Waals surface area contributed by atoms with E-state index in [2.05, 4.69) is 4.74 Å².